The molecule has 0 fully saturated rings. The Hall–Kier alpha value is -1.91. The zero-order valence-electron chi connectivity index (χ0n) is 14.2. The number of aryl methyl sites for hydroxylation is 2. The van der Waals surface area contributed by atoms with Crippen molar-refractivity contribution in [2.45, 2.75) is 38.9 Å². The second-order valence-corrected chi connectivity index (χ2v) is 5.85. The molecule has 0 bridgehead atoms. The number of phenols is 1. The molecule has 7 nitrogen and oxygen atoms in total. The minimum atomic E-state index is -0.626. The lowest BCUT2D eigenvalue weighted by Crippen LogP contribution is -2.46. The summed E-state index contributed by atoms with van der Waals surface area (Å²) in [6, 6.07) is 4.53. The molecule has 0 saturated heterocycles. The molecule has 0 spiro atoms. The first kappa shape index (κ1) is 19.4. The smallest absolute Gasteiger partial charge is 0.191 e. The van der Waals surface area contributed by atoms with Gasteiger partial charge >= 0.3 is 0 Å². The molecule has 2 heterocycles. The summed E-state index contributed by atoms with van der Waals surface area (Å²) in [5, 5.41) is 20.1. The standard InChI is InChI=1S/C16H21FN6O.HI/c1-10-20-15-6-4-12(9-23(15)22-10)21-16(18-2)19-8-11-3-5-14(24)13(17)7-11;/h3,5,7,12,24H,4,6,8-9H2,1-2H3,(H2,18,19,21);1H. The van der Waals surface area contributed by atoms with Gasteiger partial charge in [0.25, 0.3) is 0 Å². The van der Waals surface area contributed by atoms with Crippen LogP contribution in [0.15, 0.2) is 23.2 Å². The highest BCUT2D eigenvalue weighted by atomic mass is 127. The van der Waals surface area contributed by atoms with Crippen LogP contribution in [0.1, 0.15) is 23.6 Å². The topological polar surface area (TPSA) is 87.4 Å². The highest BCUT2D eigenvalue weighted by Gasteiger charge is 2.21. The average molecular weight is 460 g/mol. The van der Waals surface area contributed by atoms with E-state index in [1.54, 1.807) is 13.1 Å². The maximum absolute atomic E-state index is 13.4. The van der Waals surface area contributed by atoms with E-state index in [2.05, 4.69) is 25.7 Å². The molecule has 25 heavy (non-hydrogen) atoms. The van der Waals surface area contributed by atoms with Crippen molar-refractivity contribution in [3.05, 3.63) is 41.2 Å². The first-order valence-electron chi connectivity index (χ1n) is 7.90. The van der Waals surface area contributed by atoms with Gasteiger partial charge in [-0.25, -0.2) is 14.1 Å². The summed E-state index contributed by atoms with van der Waals surface area (Å²) in [7, 11) is 1.70. The zero-order chi connectivity index (χ0) is 17.1. The second kappa shape index (κ2) is 8.45. The van der Waals surface area contributed by atoms with E-state index in [1.165, 1.54) is 12.1 Å². The third-order valence-corrected chi connectivity index (χ3v) is 4.00. The Labute approximate surface area is 162 Å². The van der Waals surface area contributed by atoms with Crippen molar-refractivity contribution in [3.63, 3.8) is 0 Å². The summed E-state index contributed by atoms with van der Waals surface area (Å²) in [6.07, 6.45) is 1.82. The number of nitrogens with zero attached hydrogens (tertiary/aromatic N) is 4. The molecule has 1 aliphatic heterocycles. The fourth-order valence-electron chi connectivity index (χ4n) is 2.79. The summed E-state index contributed by atoms with van der Waals surface area (Å²) in [5.74, 6) is 1.49. The molecule has 1 aromatic heterocycles. The number of aliphatic imine (C=N–C) groups is 1. The Kier molecular flexibility index (Phi) is 6.57. The molecular weight excluding hydrogens is 438 g/mol. The van der Waals surface area contributed by atoms with Crippen LogP contribution < -0.4 is 10.6 Å². The number of rotatable bonds is 3. The molecule has 1 atom stereocenters. The number of guanidine groups is 1. The van der Waals surface area contributed by atoms with Crippen LogP contribution >= 0.6 is 24.0 Å². The van der Waals surface area contributed by atoms with E-state index in [4.69, 9.17) is 0 Å². The third kappa shape index (κ3) is 4.80. The van der Waals surface area contributed by atoms with Gasteiger partial charge in [-0.15, -0.1) is 24.0 Å². The van der Waals surface area contributed by atoms with Gasteiger partial charge in [-0.05, 0) is 31.0 Å². The predicted molar refractivity (Wildman–Crippen MR) is 104 cm³/mol. The number of hydrogen-bond acceptors (Lipinski definition) is 4. The maximum Gasteiger partial charge on any atom is 0.191 e. The Morgan fingerprint density at radius 1 is 1.48 bits per heavy atom. The van der Waals surface area contributed by atoms with Crippen LogP contribution in [0, 0.1) is 12.7 Å². The van der Waals surface area contributed by atoms with E-state index in [9.17, 15) is 9.50 Å². The van der Waals surface area contributed by atoms with Gasteiger partial charge in [-0.2, -0.15) is 5.10 Å². The normalized spacial score (nSPS) is 16.8. The lowest BCUT2D eigenvalue weighted by atomic mass is 10.1. The second-order valence-electron chi connectivity index (χ2n) is 5.85. The van der Waals surface area contributed by atoms with Gasteiger partial charge in [-0.1, -0.05) is 6.07 Å². The fraction of sp³-hybridized carbons (Fsp3) is 0.438. The Balaban J connectivity index is 0.00000225. The Bertz CT molecular complexity index is 763. The average Bonchev–Trinajstić information content (AvgIpc) is 2.93. The van der Waals surface area contributed by atoms with E-state index >= 15 is 0 Å². The minimum Gasteiger partial charge on any atom is -0.505 e. The lowest BCUT2D eigenvalue weighted by Gasteiger charge is -2.25. The fourth-order valence-corrected chi connectivity index (χ4v) is 2.79. The molecule has 0 aliphatic carbocycles. The quantitative estimate of drug-likeness (QED) is 0.369. The SMILES string of the molecule is CN=C(NCc1ccc(O)c(F)c1)NC1CCc2nc(C)nn2C1.I. The molecule has 1 unspecified atom stereocenters. The van der Waals surface area contributed by atoms with Gasteiger partial charge in [0.2, 0.25) is 0 Å². The number of fused-ring (bicyclic) bond motifs is 1. The molecule has 0 radical (unpaired) electrons. The third-order valence-electron chi connectivity index (χ3n) is 4.00. The number of aromatic nitrogens is 3. The van der Waals surface area contributed by atoms with Crippen molar-refractivity contribution >= 4 is 29.9 Å². The highest BCUT2D eigenvalue weighted by molar-refractivity contribution is 14.0. The van der Waals surface area contributed by atoms with Crippen LogP contribution in [0.5, 0.6) is 5.75 Å². The maximum atomic E-state index is 13.4. The molecule has 1 aliphatic rings. The van der Waals surface area contributed by atoms with Crippen LogP contribution in [0.25, 0.3) is 0 Å². The van der Waals surface area contributed by atoms with Crippen LogP contribution in [0.3, 0.4) is 0 Å². The lowest BCUT2D eigenvalue weighted by molar-refractivity contribution is 0.392. The van der Waals surface area contributed by atoms with Crippen molar-refractivity contribution in [2.75, 3.05) is 7.05 Å². The molecule has 3 N–H and O–H groups in total. The molecule has 0 amide bonds. The summed E-state index contributed by atoms with van der Waals surface area (Å²) in [6.45, 7) is 3.05. The Morgan fingerprint density at radius 3 is 3.00 bits per heavy atom. The first-order chi connectivity index (χ1) is 11.5. The van der Waals surface area contributed by atoms with Gasteiger partial charge < -0.3 is 15.7 Å². The number of halogens is 2. The zero-order valence-corrected chi connectivity index (χ0v) is 16.5. The van der Waals surface area contributed by atoms with Crippen LogP contribution in [-0.2, 0) is 19.5 Å². The molecule has 136 valence electrons. The van der Waals surface area contributed by atoms with Crippen LogP contribution in [-0.4, -0.2) is 38.9 Å². The van der Waals surface area contributed by atoms with Crippen molar-refractivity contribution in [1.82, 2.24) is 25.4 Å². The molecule has 9 heteroatoms. The summed E-state index contributed by atoms with van der Waals surface area (Å²) in [4.78, 5) is 8.60. The van der Waals surface area contributed by atoms with Crippen molar-refractivity contribution < 1.29 is 9.50 Å². The van der Waals surface area contributed by atoms with Crippen LogP contribution in [0.4, 0.5) is 4.39 Å². The number of phenolic OH excluding ortho intramolecular Hbond substituents is 1. The van der Waals surface area contributed by atoms with E-state index in [0.29, 0.717) is 12.5 Å². The Morgan fingerprint density at radius 2 is 2.28 bits per heavy atom. The number of benzene rings is 1. The van der Waals surface area contributed by atoms with Gasteiger partial charge in [-0.3, -0.25) is 4.99 Å². The van der Waals surface area contributed by atoms with Crippen molar-refractivity contribution in [2.24, 2.45) is 4.99 Å². The van der Waals surface area contributed by atoms with Crippen molar-refractivity contribution in [3.8, 4) is 5.75 Å². The van der Waals surface area contributed by atoms with Crippen molar-refractivity contribution in [1.29, 1.82) is 0 Å². The predicted octanol–water partition coefficient (Wildman–Crippen LogP) is 1.73. The molecule has 1 aromatic carbocycles. The number of nitrogens with one attached hydrogen (secondary N) is 2. The number of hydrogen-bond donors (Lipinski definition) is 3. The monoisotopic (exact) mass is 460 g/mol. The van der Waals surface area contributed by atoms with E-state index in [0.717, 1.165) is 36.6 Å². The van der Waals surface area contributed by atoms with E-state index in [1.807, 2.05) is 11.6 Å². The van der Waals surface area contributed by atoms with Gasteiger partial charge in [0, 0.05) is 26.1 Å². The highest BCUT2D eigenvalue weighted by Crippen LogP contribution is 2.16. The van der Waals surface area contributed by atoms with Crippen LogP contribution in [0.2, 0.25) is 0 Å². The van der Waals surface area contributed by atoms with Gasteiger partial charge in [0.05, 0.1) is 6.54 Å². The molecular formula is C16H22FIN6O. The molecule has 2 aromatic rings. The molecule has 3 rings (SSSR count). The van der Waals surface area contributed by atoms with Gasteiger partial charge in [0.15, 0.2) is 17.5 Å². The minimum absolute atomic E-state index is 0. The number of aromatic hydroxyl groups is 1. The summed E-state index contributed by atoms with van der Waals surface area (Å²) >= 11 is 0. The summed E-state index contributed by atoms with van der Waals surface area (Å²) < 4.78 is 15.3. The van der Waals surface area contributed by atoms with E-state index in [-0.39, 0.29) is 35.8 Å². The summed E-state index contributed by atoms with van der Waals surface area (Å²) in [5.41, 5.74) is 0.728. The van der Waals surface area contributed by atoms with E-state index < -0.39 is 5.82 Å². The first-order valence-corrected chi connectivity index (χ1v) is 7.90. The molecule has 0 saturated carbocycles. The van der Waals surface area contributed by atoms with Gasteiger partial charge in [0.1, 0.15) is 11.6 Å². The largest absolute Gasteiger partial charge is 0.505 e.